The Kier molecular flexibility index (Phi) is 7.52. The summed E-state index contributed by atoms with van der Waals surface area (Å²) in [5.41, 5.74) is 7.64. The summed E-state index contributed by atoms with van der Waals surface area (Å²) in [5, 5.41) is 10.8. The molecular weight excluding hydrogens is 468 g/mol. The lowest BCUT2D eigenvalue weighted by Crippen LogP contribution is -2.09. The molecule has 0 radical (unpaired) electrons. The van der Waals surface area contributed by atoms with E-state index in [2.05, 4.69) is 114 Å². The van der Waals surface area contributed by atoms with Crippen LogP contribution in [0.3, 0.4) is 0 Å². The fraction of sp³-hybridized carbons (Fsp3) is 0. The molecule has 0 aliphatic heterocycles. The van der Waals surface area contributed by atoms with Crippen LogP contribution in [0.2, 0.25) is 0 Å². The second kappa shape index (κ2) is 11.7. The Morgan fingerprint density at radius 2 is 0.763 bits per heavy atom. The van der Waals surface area contributed by atoms with Gasteiger partial charge >= 0.3 is 0 Å². The third-order valence-corrected chi connectivity index (χ3v) is 6.16. The molecule has 0 unspecified atom stereocenters. The van der Waals surface area contributed by atoms with E-state index in [1.165, 1.54) is 12.1 Å². The highest BCUT2D eigenvalue weighted by atomic mass is 16.6. The number of nitro groups is 1. The summed E-state index contributed by atoms with van der Waals surface area (Å²) in [6.07, 6.45) is 8.16. The molecule has 0 fully saturated rings. The Bertz CT molecular complexity index is 1500. The van der Waals surface area contributed by atoms with Crippen molar-refractivity contribution in [2.45, 2.75) is 0 Å². The van der Waals surface area contributed by atoms with Crippen LogP contribution < -0.4 is 4.90 Å². The average molecular weight is 495 g/mol. The standard InChI is InChI=1S/C34H26N2O2/c37-36(38)34-25-21-30(22-26-34)18-16-28-13-11-27(12-14-28)15-17-29-19-23-33(24-20-29)35(31-7-3-1-4-8-31)32-9-5-2-6-10-32/h1-26H/b17-15+,18-16+. The van der Waals surface area contributed by atoms with Crippen molar-refractivity contribution in [2.75, 3.05) is 4.90 Å². The summed E-state index contributed by atoms with van der Waals surface area (Å²) < 4.78 is 0. The number of hydrogen-bond acceptors (Lipinski definition) is 3. The molecule has 5 aromatic rings. The molecule has 5 rings (SSSR count). The number of anilines is 3. The van der Waals surface area contributed by atoms with Gasteiger partial charge in [-0.25, -0.2) is 0 Å². The first-order valence-electron chi connectivity index (χ1n) is 12.4. The normalized spacial score (nSPS) is 11.2. The van der Waals surface area contributed by atoms with Gasteiger partial charge in [-0.2, -0.15) is 0 Å². The van der Waals surface area contributed by atoms with Crippen molar-refractivity contribution < 1.29 is 4.92 Å². The van der Waals surface area contributed by atoms with Crippen LogP contribution in [0.4, 0.5) is 22.7 Å². The van der Waals surface area contributed by atoms with Crippen LogP contribution in [0.15, 0.2) is 133 Å². The van der Waals surface area contributed by atoms with Crippen molar-refractivity contribution in [2.24, 2.45) is 0 Å². The molecule has 4 heteroatoms. The zero-order valence-corrected chi connectivity index (χ0v) is 20.7. The van der Waals surface area contributed by atoms with Gasteiger partial charge in [-0.15, -0.1) is 0 Å². The molecule has 0 aliphatic rings. The van der Waals surface area contributed by atoms with Crippen molar-refractivity contribution >= 4 is 47.1 Å². The minimum Gasteiger partial charge on any atom is -0.311 e. The molecule has 0 bridgehead atoms. The minimum absolute atomic E-state index is 0.0950. The molecule has 0 saturated heterocycles. The summed E-state index contributed by atoms with van der Waals surface area (Å²) in [5.74, 6) is 0. The maximum Gasteiger partial charge on any atom is 0.269 e. The van der Waals surface area contributed by atoms with Crippen LogP contribution in [0.5, 0.6) is 0 Å². The van der Waals surface area contributed by atoms with E-state index >= 15 is 0 Å². The summed E-state index contributed by atoms with van der Waals surface area (Å²) >= 11 is 0. The number of para-hydroxylation sites is 2. The number of hydrogen-bond donors (Lipinski definition) is 0. The Morgan fingerprint density at radius 3 is 1.13 bits per heavy atom. The third kappa shape index (κ3) is 6.12. The number of rotatable bonds is 8. The molecule has 0 aromatic heterocycles. The fourth-order valence-corrected chi connectivity index (χ4v) is 4.15. The molecule has 38 heavy (non-hydrogen) atoms. The molecule has 4 nitrogen and oxygen atoms in total. The highest BCUT2D eigenvalue weighted by Gasteiger charge is 2.11. The third-order valence-electron chi connectivity index (χ3n) is 6.16. The minimum atomic E-state index is -0.391. The molecule has 0 amide bonds. The van der Waals surface area contributed by atoms with Crippen LogP contribution in [0.1, 0.15) is 22.3 Å². The number of nitrogens with zero attached hydrogens (tertiary/aromatic N) is 2. The van der Waals surface area contributed by atoms with Gasteiger partial charge in [-0.3, -0.25) is 10.1 Å². The van der Waals surface area contributed by atoms with Crippen LogP contribution in [0.25, 0.3) is 24.3 Å². The number of non-ortho nitro benzene ring substituents is 1. The van der Waals surface area contributed by atoms with Gasteiger partial charge in [0.15, 0.2) is 0 Å². The Labute approximate surface area is 222 Å². The van der Waals surface area contributed by atoms with Crippen LogP contribution in [-0.4, -0.2) is 4.92 Å². The smallest absolute Gasteiger partial charge is 0.269 e. The highest BCUT2D eigenvalue weighted by Crippen LogP contribution is 2.34. The zero-order chi connectivity index (χ0) is 26.2. The van der Waals surface area contributed by atoms with Crippen LogP contribution in [-0.2, 0) is 0 Å². The number of nitro benzene ring substituents is 1. The number of benzene rings is 5. The lowest BCUT2D eigenvalue weighted by atomic mass is 10.1. The fourth-order valence-electron chi connectivity index (χ4n) is 4.15. The van der Waals surface area contributed by atoms with Crippen molar-refractivity contribution in [3.8, 4) is 0 Å². The molecule has 0 N–H and O–H groups in total. The molecule has 0 saturated carbocycles. The summed E-state index contributed by atoms with van der Waals surface area (Å²) in [6.45, 7) is 0. The van der Waals surface area contributed by atoms with Crippen molar-refractivity contribution in [1.29, 1.82) is 0 Å². The predicted octanol–water partition coefficient (Wildman–Crippen LogP) is 9.41. The van der Waals surface area contributed by atoms with Gasteiger partial charge < -0.3 is 4.90 Å². The first-order chi connectivity index (χ1) is 18.7. The maximum atomic E-state index is 10.8. The molecule has 184 valence electrons. The Balaban J connectivity index is 1.27. The highest BCUT2D eigenvalue weighted by molar-refractivity contribution is 5.78. The second-order valence-corrected chi connectivity index (χ2v) is 8.78. The van der Waals surface area contributed by atoms with E-state index in [1.807, 2.05) is 24.3 Å². The Morgan fingerprint density at radius 1 is 0.447 bits per heavy atom. The van der Waals surface area contributed by atoms with E-state index in [0.717, 1.165) is 39.3 Å². The van der Waals surface area contributed by atoms with Crippen LogP contribution in [0, 0.1) is 10.1 Å². The zero-order valence-electron chi connectivity index (χ0n) is 20.7. The first kappa shape index (κ1) is 24.5. The molecule has 0 spiro atoms. The quantitative estimate of drug-likeness (QED) is 0.123. The topological polar surface area (TPSA) is 46.4 Å². The van der Waals surface area contributed by atoms with E-state index in [9.17, 15) is 10.1 Å². The van der Waals surface area contributed by atoms with E-state index < -0.39 is 4.92 Å². The summed E-state index contributed by atoms with van der Waals surface area (Å²) in [4.78, 5) is 12.7. The first-order valence-corrected chi connectivity index (χ1v) is 12.4. The van der Waals surface area contributed by atoms with Gasteiger partial charge in [-0.05, 0) is 70.8 Å². The monoisotopic (exact) mass is 494 g/mol. The molecule has 0 atom stereocenters. The van der Waals surface area contributed by atoms with Gasteiger partial charge in [-0.1, -0.05) is 97.1 Å². The second-order valence-electron chi connectivity index (χ2n) is 8.78. The Hall–Kier alpha value is -5.22. The lowest BCUT2D eigenvalue weighted by molar-refractivity contribution is -0.384. The molecule has 0 aliphatic carbocycles. The SMILES string of the molecule is O=[N+]([O-])c1ccc(/C=C/c2ccc(/C=C/c3ccc(N(c4ccccc4)c4ccccc4)cc3)cc2)cc1. The molecular formula is C34H26N2O2. The maximum absolute atomic E-state index is 10.8. The van der Waals surface area contributed by atoms with Crippen molar-refractivity contribution in [3.63, 3.8) is 0 Å². The van der Waals surface area contributed by atoms with Gasteiger partial charge in [0, 0.05) is 29.2 Å². The van der Waals surface area contributed by atoms with Gasteiger partial charge in [0.2, 0.25) is 0 Å². The van der Waals surface area contributed by atoms with Gasteiger partial charge in [0.05, 0.1) is 4.92 Å². The van der Waals surface area contributed by atoms with Crippen LogP contribution >= 0.6 is 0 Å². The summed E-state index contributed by atoms with van der Waals surface area (Å²) in [7, 11) is 0. The lowest BCUT2D eigenvalue weighted by Gasteiger charge is -2.25. The predicted molar refractivity (Wildman–Crippen MR) is 159 cm³/mol. The largest absolute Gasteiger partial charge is 0.311 e. The molecule has 5 aromatic carbocycles. The average Bonchev–Trinajstić information content (AvgIpc) is 2.98. The van der Waals surface area contributed by atoms with Crippen molar-refractivity contribution in [1.82, 2.24) is 0 Å². The van der Waals surface area contributed by atoms with E-state index in [-0.39, 0.29) is 5.69 Å². The van der Waals surface area contributed by atoms with Crippen molar-refractivity contribution in [3.05, 3.63) is 166 Å². The van der Waals surface area contributed by atoms with E-state index in [1.54, 1.807) is 12.1 Å². The van der Waals surface area contributed by atoms with Gasteiger partial charge in [0.1, 0.15) is 0 Å². The van der Waals surface area contributed by atoms with E-state index in [0.29, 0.717) is 0 Å². The van der Waals surface area contributed by atoms with Gasteiger partial charge in [0.25, 0.3) is 5.69 Å². The summed E-state index contributed by atoms with van der Waals surface area (Å²) in [6, 6.07) is 44.1. The van der Waals surface area contributed by atoms with E-state index in [4.69, 9.17) is 0 Å². The molecule has 0 heterocycles.